The average Bonchev–Trinajstić information content (AvgIpc) is 3.04. The number of carbonyl (C=O) groups is 2. The number of primary amides is 1. The van der Waals surface area contributed by atoms with Crippen LogP contribution in [0.2, 0.25) is 0 Å². The fourth-order valence-electron chi connectivity index (χ4n) is 4.45. The Balaban J connectivity index is 1.91. The number of ether oxygens (including phenoxy) is 2. The van der Waals surface area contributed by atoms with Gasteiger partial charge in [-0.1, -0.05) is 18.2 Å². The van der Waals surface area contributed by atoms with E-state index in [2.05, 4.69) is 0 Å². The summed E-state index contributed by atoms with van der Waals surface area (Å²) >= 11 is 0. The smallest absolute Gasteiger partial charge is 0.340 e. The molecule has 0 saturated heterocycles. The first-order valence-corrected chi connectivity index (χ1v) is 9.85. The number of rotatable bonds is 3. The summed E-state index contributed by atoms with van der Waals surface area (Å²) in [6.07, 6.45) is 0. The highest BCUT2D eigenvalue weighted by Crippen LogP contribution is 2.59. The van der Waals surface area contributed by atoms with E-state index in [1.54, 1.807) is 30.3 Å². The maximum atomic E-state index is 12.9. The SMILES string of the molecule is NCCN(C(N)=O)c1cc(O)cc2c1C1(OC(=O)c3ccccc31)c1ccc(O)cc1O2. The third kappa shape index (κ3) is 2.61. The van der Waals surface area contributed by atoms with Crippen molar-refractivity contribution in [3.63, 3.8) is 0 Å². The minimum absolute atomic E-state index is 0.0535. The predicted molar refractivity (Wildman–Crippen MR) is 114 cm³/mol. The van der Waals surface area contributed by atoms with Gasteiger partial charge in [0.2, 0.25) is 0 Å². The Morgan fingerprint density at radius 1 is 1.00 bits per heavy atom. The second-order valence-electron chi connectivity index (χ2n) is 7.52. The Bertz CT molecular complexity index is 1290. The second-order valence-corrected chi connectivity index (χ2v) is 7.52. The molecule has 2 heterocycles. The summed E-state index contributed by atoms with van der Waals surface area (Å²) < 4.78 is 12.1. The van der Waals surface area contributed by atoms with Gasteiger partial charge in [0.05, 0.1) is 16.8 Å². The number of aromatic hydroxyl groups is 2. The van der Waals surface area contributed by atoms with Crippen molar-refractivity contribution in [3.05, 3.63) is 76.9 Å². The first-order chi connectivity index (χ1) is 15.4. The van der Waals surface area contributed by atoms with Crippen LogP contribution in [-0.4, -0.2) is 35.3 Å². The molecule has 2 amide bonds. The lowest BCUT2D eigenvalue weighted by Gasteiger charge is -2.39. The van der Waals surface area contributed by atoms with Crippen LogP contribution >= 0.6 is 0 Å². The molecule has 9 heteroatoms. The molecule has 2 aliphatic rings. The van der Waals surface area contributed by atoms with E-state index in [0.717, 1.165) is 0 Å². The highest BCUT2D eigenvalue weighted by Gasteiger charge is 2.55. The average molecular weight is 433 g/mol. The van der Waals surface area contributed by atoms with Crippen LogP contribution in [0.25, 0.3) is 0 Å². The normalized spacial score (nSPS) is 17.7. The maximum absolute atomic E-state index is 12.9. The molecule has 0 bridgehead atoms. The molecule has 5 rings (SSSR count). The highest BCUT2D eigenvalue weighted by atomic mass is 16.6. The number of benzene rings is 3. The minimum atomic E-state index is -1.50. The summed E-state index contributed by atoms with van der Waals surface area (Å²) in [4.78, 5) is 26.5. The molecule has 0 saturated carbocycles. The topological polar surface area (TPSA) is 148 Å². The lowest BCUT2D eigenvalue weighted by Crippen LogP contribution is -2.42. The number of amides is 2. The van der Waals surface area contributed by atoms with E-state index in [0.29, 0.717) is 22.3 Å². The van der Waals surface area contributed by atoms with E-state index in [4.69, 9.17) is 20.9 Å². The van der Waals surface area contributed by atoms with E-state index < -0.39 is 17.6 Å². The molecule has 1 unspecified atom stereocenters. The molecule has 32 heavy (non-hydrogen) atoms. The van der Waals surface area contributed by atoms with Crippen molar-refractivity contribution in [1.29, 1.82) is 0 Å². The van der Waals surface area contributed by atoms with Crippen molar-refractivity contribution < 1.29 is 29.3 Å². The van der Waals surface area contributed by atoms with Gasteiger partial charge in [0.1, 0.15) is 23.0 Å². The molecule has 3 aromatic carbocycles. The number of esters is 1. The molecule has 9 nitrogen and oxygen atoms in total. The fraction of sp³-hybridized carbons (Fsp3) is 0.130. The molecule has 3 aromatic rings. The number of anilines is 1. The van der Waals surface area contributed by atoms with Gasteiger partial charge >= 0.3 is 12.0 Å². The van der Waals surface area contributed by atoms with Crippen LogP contribution in [0, 0.1) is 0 Å². The maximum Gasteiger partial charge on any atom is 0.340 e. The van der Waals surface area contributed by atoms with Crippen molar-refractivity contribution in [2.24, 2.45) is 11.5 Å². The zero-order valence-corrected chi connectivity index (χ0v) is 16.7. The van der Waals surface area contributed by atoms with Gasteiger partial charge < -0.3 is 31.2 Å². The summed E-state index contributed by atoms with van der Waals surface area (Å²) in [7, 11) is 0. The molecule has 1 spiro atoms. The van der Waals surface area contributed by atoms with Gasteiger partial charge in [-0.25, -0.2) is 9.59 Å². The van der Waals surface area contributed by atoms with Crippen molar-refractivity contribution in [1.82, 2.24) is 0 Å². The largest absolute Gasteiger partial charge is 0.508 e. The van der Waals surface area contributed by atoms with Crippen LogP contribution in [0.4, 0.5) is 10.5 Å². The van der Waals surface area contributed by atoms with Gasteiger partial charge in [-0.2, -0.15) is 0 Å². The molecule has 162 valence electrons. The highest BCUT2D eigenvalue weighted by molar-refractivity contribution is 5.99. The van der Waals surface area contributed by atoms with Crippen LogP contribution in [0.3, 0.4) is 0 Å². The first-order valence-electron chi connectivity index (χ1n) is 9.85. The summed E-state index contributed by atoms with van der Waals surface area (Å²) in [5.74, 6) is -0.426. The third-order valence-electron chi connectivity index (χ3n) is 5.66. The molecule has 6 N–H and O–H groups in total. The standard InChI is InChI=1S/C23H19N3O6/c24-7-8-26(22(25)30)17-9-13(28)11-19-20(17)23(16-6-5-12(27)10-18(16)31-19)15-4-2-1-3-14(15)21(29)32-23/h1-6,9-11,27-28H,7-8,24H2,(H2,25,30). The van der Waals surface area contributed by atoms with Crippen molar-refractivity contribution in [2.75, 3.05) is 18.0 Å². The summed E-state index contributed by atoms with van der Waals surface area (Å²) in [5.41, 5.74) is 11.7. The van der Waals surface area contributed by atoms with Crippen LogP contribution in [0.1, 0.15) is 27.0 Å². The summed E-state index contributed by atoms with van der Waals surface area (Å²) in [6.45, 7) is 0.154. The van der Waals surface area contributed by atoms with Crippen LogP contribution in [0.15, 0.2) is 54.6 Å². The minimum Gasteiger partial charge on any atom is -0.508 e. The number of phenols is 2. The molecule has 0 radical (unpaired) electrons. The van der Waals surface area contributed by atoms with Crippen LogP contribution in [-0.2, 0) is 10.3 Å². The van der Waals surface area contributed by atoms with E-state index in [9.17, 15) is 19.8 Å². The van der Waals surface area contributed by atoms with Crippen LogP contribution < -0.4 is 21.1 Å². The number of fused-ring (bicyclic) bond motifs is 6. The third-order valence-corrected chi connectivity index (χ3v) is 5.66. The Kier molecular flexibility index (Phi) is 4.24. The zero-order chi connectivity index (χ0) is 22.6. The quantitative estimate of drug-likeness (QED) is 0.464. The Morgan fingerprint density at radius 3 is 2.50 bits per heavy atom. The second kappa shape index (κ2) is 6.89. The molecule has 2 aliphatic heterocycles. The van der Waals surface area contributed by atoms with Crippen molar-refractivity contribution in [2.45, 2.75) is 5.60 Å². The lowest BCUT2D eigenvalue weighted by molar-refractivity contribution is 0.0226. The molecule has 0 fully saturated rings. The molecular formula is C23H19N3O6. The number of nitrogens with two attached hydrogens (primary N) is 2. The lowest BCUT2D eigenvalue weighted by atomic mass is 9.76. The van der Waals surface area contributed by atoms with E-state index in [1.165, 1.54) is 29.2 Å². The molecule has 1 atom stereocenters. The number of hydrogen-bond donors (Lipinski definition) is 4. The summed E-state index contributed by atoms with van der Waals surface area (Å²) in [5, 5.41) is 20.4. The van der Waals surface area contributed by atoms with Gasteiger partial charge in [0.15, 0.2) is 5.60 Å². The molecule has 0 aromatic heterocycles. The Labute approximate surface area is 182 Å². The number of hydrogen-bond acceptors (Lipinski definition) is 7. The van der Waals surface area contributed by atoms with Crippen molar-refractivity contribution >= 4 is 17.7 Å². The number of phenolic OH excluding ortho intramolecular Hbond substituents is 2. The van der Waals surface area contributed by atoms with Gasteiger partial charge in [-0.05, 0) is 18.2 Å². The van der Waals surface area contributed by atoms with Gasteiger partial charge in [-0.3, -0.25) is 4.90 Å². The Hall–Kier alpha value is -4.24. The molecular weight excluding hydrogens is 414 g/mol. The van der Waals surface area contributed by atoms with Gasteiger partial charge in [0, 0.05) is 42.4 Å². The predicted octanol–water partition coefficient (Wildman–Crippen LogP) is 2.51. The number of nitrogens with zero attached hydrogens (tertiary/aromatic N) is 1. The summed E-state index contributed by atoms with van der Waals surface area (Å²) in [6, 6.07) is 13.2. The Morgan fingerprint density at radius 2 is 1.75 bits per heavy atom. The first kappa shape index (κ1) is 19.7. The molecule has 0 aliphatic carbocycles. The fourth-order valence-corrected chi connectivity index (χ4v) is 4.45. The number of urea groups is 1. The number of carbonyl (C=O) groups excluding carboxylic acids is 2. The zero-order valence-electron chi connectivity index (χ0n) is 16.7. The van der Waals surface area contributed by atoms with Gasteiger partial charge in [0.25, 0.3) is 0 Å². The van der Waals surface area contributed by atoms with Crippen LogP contribution in [0.5, 0.6) is 23.0 Å². The van der Waals surface area contributed by atoms with E-state index in [-0.39, 0.29) is 41.8 Å². The monoisotopic (exact) mass is 433 g/mol. The van der Waals surface area contributed by atoms with Crippen molar-refractivity contribution in [3.8, 4) is 23.0 Å². The van der Waals surface area contributed by atoms with E-state index in [1.807, 2.05) is 0 Å². The van der Waals surface area contributed by atoms with E-state index >= 15 is 0 Å². The van der Waals surface area contributed by atoms with Gasteiger partial charge in [-0.15, -0.1) is 0 Å².